The molecule has 1 aromatic carbocycles. The summed E-state index contributed by atoms with van der Waals surface area (Å²) in [6, 6.07) is 6.34. The third-order valence-electron chi connectivity index (χ3n) is 2.82. The van der Waals surface area contributed by atoms with Crippen molar-refractivity contribution >= 4 is 10.8 Å². The van der Waals surface area contributed by atoms with E-state index in [-0.39, 0.29) is 6.10 Å². The van der Waals surface area contributed by atoms with E-state index in [4.69, 9.17) is 0 Å². The van der Waals surface area contributed by atoms with Crippen LogP contribution in [0.15, 0.2) is 30.6 Å². The molecule has 1 atom stereocenters. The van der Waals surface area contributed by atoms with Gasteiger partial charge in [-0.2, -0.15) is 0 Å². The Labute approximate surface area is 96.0 Å². The first-order valence-electron chi connectivity index (χ1n) is 5.74. The largest absolute Gasteiger partial charge is 0.393 e. The number of hydrogen-bond acceptors (Lipinski definition) is 2. The first kappa shape index (κ1) is 11.1. The molecule has 2 aromatic rings. The summed E-state index contributed by atoms with van der Waals surface area (Å²) in [5, 5.41) is 11.8. The molecule has 0 spiro atoms. The van der Waals surface area contributed by atoms with Crippen LogP contribution < -0.4 is 0 Å². The first-order valence-corrected chi connectivity index (χ1v) is 5.74. The number of rotatable bonds is 3. The van der Waals surface area contributed by atoms with Crippen LogP contribution in [-0.4, -0.2) is 16.2 Å². The number of aliphatic hydroxyl groups is 1. The highest BCUT2D eigenvalue weighted by Crippen LogP contribution is 2.20. The summed E-state index contributed by atoms with van der Waals surface area (Å²) in [5.74, 6) is 0. The van der Waals surface area contributed by atoms with E-state index in [1.54, 1.807) is 0 Å². The molecule has 0 aliphatic carbocycles. The van der Waals surface area contributed by atoms with Crippen LogP contribution in [0.1, 0.15) is 25.0 Å². The van der Waals surface area contributed by atoms with Crippen molar-refractivity contribution in [1.29, 1.82) is 0 Å². The van der Waals surface area contributed by atoms with Gasteiger partial charge in [0.25, 0.3) is 0 Å². The highest BCUT2D eigenvalue weighted by atomic mass is 16.3. The molecule has 0 saturated heterocycles. The summed E-state index contributed by atoms with van der Waals surface area (Å²) >= 11 is 0. The average Bonchev–Trinajstić information content (AvgIpc) is 2.27. The van der Waals surface area contributed by atoms with Crippen molar-refractivity contribution in [1.82, 2.24) is 4.98 Å². The molecule has 1 aromatic heterocycles. The molecule has 0 aliphatic rings. The van der Waals surface area contributed by atoms with E-state index in [1.807, 2.05) is 19.3 Å². The Morgan fingerprint density at radius 1 is 1.31 bits per heavy atom. The Balaban J connectivity index is 2.47. The number of nitrogens with zero attached hydrogens (tertiary/aromatic N) is 1. The molecule has 1 heterocycles. The number of benzene rings is 1. The zero-order valence-corrected chi connectivity index (χ0v) is 9.77. The minimum absolute atomic E-state index is 0.292. The van der Waals surface area contributed by atoms with Crippen LogP contribution in [0.5, 0.6) is 0 Å². The predicted octanol–water partition coefficient (Wildman–Crippen LogP) is 2.72. The number of fused-ring (bicyclic) bond motifs is 1. The van der Waals surface area contributed by atoms with Crippen molar-refractivity contribution in [2.24, 2.45) is 0 Å². The van der Waals surface area contributed by atoms with Gasteiger partial charge >= 0.3 is 0 Å². The molecular weight excluding hydrogens is 198 g/mol. The van der Waals surface area contributed by atoms with E-state index >= 15 is 0 Å². The van der Waals surface area contributed by atoms with Gasteiger partial charge in [0.05, 0.1) is 6.10 Å². The van der Waals surface area contributed by atoms with Crippen LogP contribution in [-0.2, 0) is 12.8 Å². The predicted molar refractivity (Wildman–Crippen MR) is 66.5 cm³/mol. The third kappa shape index (κ3) is 2.22. The number of aliphatic hydroxyl groups excluding tert-OH is 1. The smallest absolute Gasteiger partial charge is 0.0552 e. The van der Waals surface area contributed by atoms with Crippen LogP contribution in [0.3, 0.4) is 0 Å². The van der Waals surface area contributed by atoms with E-state index in [2.05, 4.69) is 30.1 Å². The summed E-state index contributed by atoms with van der Waals surface area (Å²) in [7, 11) is 0. The molecule has 84 valence electrons. The third-order valence-corrected chi connectivity index (χ3v) is 2.82. The Hall–Kier alpha value is -1.41. The van der Waals surface area contributed by atoms with Crippen LogP contribution >= 0.6 is 0 Å². The van der Waals surface area contributed by atoms with E-state index in [0.29, 0.717) is 6.42 Å². The van der Waals surface area contributed by atoms with E-state index in [1.165, 1.54) is 10.9 Å². The zero-order chi connectivity index (χ0) is 11.5. The fourth-order valence-electron chi connectivity index (χ4n) is 2.04. The minimum Gasteiger partial charge on any atom is -0.393 e. The van der Waals surface area contributed by atoms with Crippen LogP contribution in [0, 0.1) is 0 Å². The quantitative estimate of drug-likeness (QED) is 0.854. The molecule has 2 rings (SSSR count). The second-order valence-electron chi connectivity index (χ2n) is 4.26. The van der Waals surface area contributed by atoms with Gasteiger partial charge in [0.1, 0.15) is 0 Å². The highest BCUT2D eigenvalue weighted by molar-refractivity contribution is 5.85. The van der Waals surface area contributed by atoms with Crippen molar-refractivity contribution in [3.05, 3.63) is 41.7 Å². The van der Waals surface area contributed by atoms with E-state index in [0.717, 1.165) is 17.4 Å². The maximum atomic E-state index is 9.36. The highest BCUT2D eigenvalue weighted by Gasteiger charge is 2.03. The van der Waals surface area contributed by atoms with Gasteiger partial charge in [-0.1, -0.05) is 19.1 Å². The summed E-state index contributed by atoms with van der Waals surface area (Å²) in [4.78, 5) is 4.24. The van der Waals surface area contributed by atoms with Gasteiger partial charge in [0.2, 0.25) is 0 Å². The fraction of sp³-hybridized carbons (Fsp3) is 0.357. The SMILES string of the molecule is CCc1cncc2cc(CC(C)O)ccc12. The average molecular weight is 215 g/mol. The normalized spacial score (nSPS) is 12.9. The summed E-state index contributed by atoms with van der Waals surface area (Å²) in [6.45, 7) is 3.95. The molecule has 0 saturated carbocycles. The van der Waals surface area contributed by atoms with Gasteiger partial charge < -0.3 is 5.11 Å². The van der Waals surface area contributed by atoms with Crippen LogP contribution in [0.2, 0.25) is 0 Å². The monoisotopic (exact) mass is 215 g/mol. The lowest BCUT2D eigenvalue weighted by atomic mass is 10.0. The fourth-order valence-corrected chi connectivity index (χ4v) is 2.04. The number of hydrogen-bond donors (Lipinski definition) is 1. The maximum absolute atomic E-state index is 9.36. The van der Waals surface area contributed by atoms with Crippen molar-refractivity contribution in [3.63, 3.8) is 0 Å². The second kappa shape index (κ2) is 4.62. The Morgan fingerprint density at radius 2 is 2.12 bits per heavy atom. The standard InChI is InChI=1S/C14H17NO/c1-3-12-8-15-9-13-7-11(6-10(2)16)4-5-14(12)13/h4-5,7-10,16H,3,6H2,1-2H3. The summed E-state index contributed by atoms with van der Waals surface area (Å²) in [6.07, 6.45) is 5.23. The molecule has 16 heavy (non-hydrogen) atoms. The summed E-state index contributed by atoms with van der Waals surface area (Å²) in [5.41, 5.74) is 2.44. The lowest BCUT2D eigenvalue weighted by Crippen LogP contribution is -2.03. The van der Waals surface area contributed by atoms with E-state index < -0.39 is 0 Å². The Kier molecular flexibility index (Phi) is 3.20. The Bertz CT molecular complexity index is 491. The molecule has 2 heteroatoms. The minimum atomic E-state index is -0.292. The molecule has 0 fully saturated rings. The van der Waals surface area contributed by atoms with Crippen LogP contribution in [0.25, 0.3) is 10.8 Å². The summed E-state index contributed by atoms with van der Waals surface area (Å²) < 4.78 is 0. The van der Waals surface area contributed by atoms with Crippen molar-refractivity contribution in [3.8, 4) is 0 Å². The number of pyridine rings is 1. The Morgan fingerprint density at radius 3 is 2.81 bits per heavy atom. The molecule has 0 bridgehead atoms. The lowest BCUT2D eigenvalue weighted by molar-refractivity contribution is 0.195. The van der Waals surface area contributed by atoms with Gasteiger partial charge in [-0.3, -0.25) is 4.98 Å². The number of aryl methyl sites for hydroxylation is 1. The second-order valence-corrected chi connectivity index (χ2v) is 4.26. The zero-order valence-electron chi connectivity index (χ0n) is 9.77. The lowest BCUT2D eigenvalue weighted by Gasteiger charge is -2.07. The topological polar surface area (TPSA) is 33.1 Å². The first-order chi connectivity index (χ1) is 7.70. The maximum Gasteiger partial charge on any atom is 0.0552 e. The van der Waals surface area contributed by atoms with Crippen molar-refractivity contribution < 1.29 is 5.11 Å². The van der Waals surface area contributed by atoms with Gasteiger partial charge in [-0.15, -0.1) is 0 Å². The van der Waals surface area contributed by atoms with Crippen molar-refractivity contribution in [2.75, 3.05) is 0 Å². The number of aromatic nitrogens is 1. The van der Waals surface area contributed by atoms with E-state index in [9.17, 15) is 5.11 Å². The van der Waals surface area contributed by atoms with Crippen molar-refractivity contribution in [2.45, 2.75) is 32.8 Å². The van der Waals surface area contributed by atoms with Gasteiger partial charge in [-0.25, -0.2) is 0 Å². The van der Waals surface area contributed by atoms with Crippen LogP contribution in [0.4, 0.5) is 0 Å². The molecule has 0 amide bonds. The molecule has 1 N–H and O–H groups in total. The molecule has 0 aliphatic heterocycles. The van der Waals surface area contributed by atoms with Gasteiger partial charge in [0.15, 0.2) is 0 Å². The van der Waals surface area contributed by atoms with Gasteiger partial charge in [0, 0.05) is 17.8 Å². The molecule has 1 unspecified atom stereocenters. The molecular formula is C14H17NO. The molecule has 0 radical (unpaired) electrons. The molecule has 2 nitrogen and oxygen atoms in total. The van der Waals surface area contributed by atoms with Gasteiger partial charge in [-0.05, 0) is 42.3 Å².